The van der Waals surface area contributed by atoms with Crippen LogP contribution in [-0.4, -0.2) is 0 Å². The molecule has 0 radical (unpaired) electrons. The van der Waals surface area contributed by atoms with Crippen LogP contribution in [0.2, 0.25) is 0 Å². The molecule has 0 aromatic carbocycles. The van der Waals surface area contributed by atoms with Crippen LogP contribution in [0.1, 0.15) is 141 Å². The predicted molar refractivity (Wildman–Crippen MR) is 129 cm³/mol. The van der Waals surface area contributed by atoms with Gasteiger partial charge in [0.25, 0.3) is 0 Å². The van der Waals surface area contributed by atoms with Crippen molar-refractivity contribution >= 4 is 0 Å². The van der Waals surface area contributed by atoms with Crippen molar-refractivity contribution in [3.63, 3.8) is 0 Å². The summed E-state index contributed by atoms with van der Waals surface area (Å²) >= 11 is 0. The number of hydrogen-bond donors (Lipinski definition) is 0. The highest BCUT2D eigenvalue weighted by Gasteiger charge is 1.99. The van der Waals surface area contributed by atoms with Crippen molar-refractivity contribution < 1.29 is 17.0 Å². The van der Waals surface area contributed by atoms with Gasteiger partial charge in [-0.2, -0.15) is 0 Å². The van der Waals surface area contributed by atoms with Gasteiger partial charge in [0.15, 0.2) is 12.4 Å². The molecule has 0 aliphatic heterocycles. The largest absolute Gasteiger partial charge is 1.00 e. The Labute approximate surface area is 195 Å². The number of hydrogen-bond acceptors (Lipinski definition) is 0. The first-order chi connectivity index (χ1) is 14.3. The van der Waals surface area contributed by atoms with Crippen LogP contribution in [-0.2, 0) is 6.54 Å². The molecule has 0 amide bonds. The molecular weight excluding hydrogens is 386 g/mol. The molecule has 1 nitrogen and oxygen atoms in total. The third-order valence-electron chi connectivity index (χ3n) is 6.33. The summed E-state index contributed by atoms with van der Waals surface area (Å²) in [5.41, 5.74) is 1.35. The fraction of sp³-hybridized carbons (Fsp3) is 0.821. The second-order valence-corrected chi connectivity index (χ2v) is 9.33. The summed E-state index contributed by atoms with van der Waals surface area (Å²) in [4.78, 5) is 0. The number of unbranched alkanes of at least 4 members (excludes halogenated alkanes) is 19. The highest BCUT2D eigenvalue weighted by molar-refractivity contribution is 5.03. The van der Waals surface area contributed by atoms with Gasteiger partial charge in [-0.25, -0.2) is 4.57 Å². The molecule has 30 heavy (non-hydrogen) atoms. The molecule has 0 atom stereocenters. The van der Waals surface area contributed by atoms with E-state index in [-0.39, 0.29) is 12.4 Å². The highest BCUT2D eigenvalue weighted by Crippen LogP contribution is 2.14. The highest BCUT2D eigenvalue weighted by atomic mass is 35.5. The summed E-state index contributed by atoms with van der Waals surface area (Å²) in [5, 5.41) is 0. The van der Waals surface area contributed by atoms with Crippen LogP contribution in [0.5, 0.6) is 0 Å². The molecule has 1 aromatic heterocycles. The Morgan fingerprint density at radius 1 is 0.500 bits per heavy atom. The Morgan fingerprint density at radius 3 is 1.13 bits per heavy atom. The maximum atomic E-state index is 2.32. The Bertz CT molecular complexity index is 442. The van der Waals surface area contributed by atoms with Crippen molar-refractivity contribution in [3.05, 3.63) is 30.1 Å². The van der Waals surface area contributed by atoms with Crippen LogP contribution in [0.25, 0.3) is 0 Å². The van der Waals surface area contributed by atoms with Gasteiger partial charge in [-0.15, -0.1) is 0 Å². The molecule has 0 saturated heterocycles. The number of nitrogens with zero attached hydrogens (tertiary/aromatic N) is 1. The minimum atomic E-state index is 0. The molecule has 1 rings (SSSR count). The van der Waals surface area contributed by atoms with Crippen molar-refractivity contribution in [2.75, 3.05) is 0 Å². The number of pyridine rings is 1. The van der Waals surface area contributed by atoms with Crippen molar-refractivity contribution in [3.8, 4) is 0 Å². The maximum Gasteiger partial charge on any atom is 0.169 e. The van der Waals surface area contributed by atoms with Gasteiger partial charge in [0.2, 0.25) is 0 Å². The molecule has 0 aliphatic rings. The summed E-state index contributed by atoms with van der Waals surface area (Å²) in [6, 6.07) is 4.41. The van der Waals surface area contributed by atoms with Gasteiger partial charge in [0.1, 0.15) is 6.54 Å². The van der Waals surface area contributed by atoms with Crippen molar-refractivity contribution in [1.82, 2.24) is 0 Å². The molecule has 0 saturated carbocycles. The molecule has 0 aliphatic carbocycles. The van der Waals surface area contributed by atoms with Gasteiger partial charge in [0.05, 0.1) is 0 Å². The SMILES string of the molecule is CCCCCCCCCCCCCCCCCCCCCC[n+]1ccc(C)cc1.[Cl-]. The Kier molecular flexibility index (Phi) is 22.7. The quantitative estimate of drug-likeness (QED) is 0.161. The number of halogens is 1. The zero-order chi connectivity index (χ0) is 20.8. The van der Waals surface area contributed by atoms with Gasteiger partial charge < -0.3 is 12.4 Å². The van der Waals surface area contributed by atoms with E-state index < -0.39 is 0 Å². The minimum absolute atomic E-state index is 0. The molecule has 2 heteroatoms. The van der Waals surface area contributed by atoms with Crippen LogP contribution in [0.3, 0.4) is 0 Å². The molecule has 0 N–H and O–H groups in total. The summed E-state index contributed by atoms with van der Waals surface area (Å²) in [6.07, 6.45) is 33.4. The first-order valence-electron chi connectivity index (χ1n) is 13.3. The van der Waals surface area contributed by atoms with Crippen LogP contribution in [0.15, 0.2) is 24.5 Å². The Hall–Kier alpha value is -0.560. The maximum absolute atomic E-state index is 2.32. The van der Waals surface area contributed by atoms with Gasteiger partial charge in [-0.3, -0.25) is 0 Å². The van der Waals surface area contributed by atoms with Crippen LogP contribution in [0, 0.1) is 6.92 Å². The molecule has 0 fully saturated rings. The lowest BCUT2D eigenvalue weighted by molar-refractivity contribution is -0.697. The monoisotopic (exact) mass is 437 g/mol. The minimum Gasteiger partial charge on any atom is -1.00 e. The molecule has 176 valence electrons. The second-order valence-electron chi connectivity index (χ2n) is 9.33. The van der Waals surface area contributed by atoms with E-state index in [4.69, 9.17) is 0 Å². The topological polar surface area (TPSA) is 3.88 Å². The average molecular weight is 438 g/mol. The zero-order valence-corrected chi connectivity index (χ0v) is 21.2. The van der Waals surface area contributed by atoms with E-state index in [1.165, 1.54) is 141 Å². The zero-order valence-electron chi connectivity index (χ0n) is 20.5. The summed E-state index contributed by atoms with van der Waals surface area (Å²) in [7, 11) is 0. The summed E-state index contributed by atoms with van der Waals surface area (Å²) < 4.78 is 2.32. The van der Waals surface area contributed by atoms with Crippen molar-refractivity contribution in [2.45, 2.75) is 149 Å². The second kappa shape index (κ2) is 23.1. The van der Waals surface area contributed by atoms with E-state index in [9.17, 15) is 0 Å². The Morgan fingerprint density at radius 2 is 0.800 bits per heavy atom. The van der Waals surface area contributed by atoms with E-state index in [0.717, 1.165) is 0 Å². The normalized spacial score (nSPS) is 10.9. The van der Waals surface area contributed by atoms with Crippen LogP contribution in [0.4, 0.5) is 0 Å². The smallest absolute Gasteiger partial charge is 0.169 e. The molecule has 0 bridgehead atoms. The van der Waals surface area contributed by atoms with Crippen molar-refractivity contribution in [2.24, 2.45) is 0 Å². The molecular formula is C28H52ClN. The molecule has 0 spiro atoms. The number of aryl methyl sites for hydroxylation is 2. The summed E-state index contributed by atoms with van der Waals surface area (Å²) in [6.45, 7) is 5.64. The lowest BCUT2D eigenvalue weighted by Crippen LogP contribution is -3.00. The first kappa shape index (κ1) is 29.4. The van der Waals surface area contributed by atoms with Gasteiger partial charge >= 0.3 is 0 Å². The fourth-order valence-corrected chi connectivity index (χ4v) is 4.23. The predicted octanol–water partition coefficient (Wildman–Crippen LogP) is 6.11. The van der Waals surface area contributed by atoms with E-state index in [2.05, 4.69) is 42.9 Å². The van der Waals surface area contributed by atoms with E-state index in [1.54, 1.807) is 0 Å². The van der Waals surface area contributed by atoms with Crippen LogP contribution >= 0.6 is 0 Å². The number of rotatable bonds is 21. The summed E-state index contributed by atoms with van der Waals surface area (Å²) in [5.74, 6) is 0. The third kappa shape index (κ3) is 19.4. The molecule has 1 aromatic rings. The van der Waals surface area contributed by atoms with Gasteiger partial charge in [-0.05, 0) is 18.9 Å². The lowest BCUT2D eigenvalue weighted by Gasteiger charge is -2.04. The Balaban J connectivity index is 0.00000841. The van der Waals surface area contributed by atoms with E-state index in [1.807, 2.05) is 0 Å². The lowest BCUT2D eigenvalue weighted by atomic mass is 10.0. The van der Waals surface area contributed by atoms with Crippen molar-refractivity contribution in [1.29, 1.82) is 0 Å². The van der Waals surface area contributed by atoms with Gasteiger partial charge in [-0.1, -0.05) is 122 Å². The molecule has 0 unspecified atom stereocenters. The van der Waals surface area contributed by atoms with E-state index >= 15 is 0 Å². The van der Waals surface area contributed by atoms with E-state index in [0.29, 0.717) is 0 Å². The number of aromatic nitrogens is 1. The average Bonchev–Trinajstić information content (AvgIpc) is 2.73. The van der Waals surface area contributed by atoms with Gasteiger partial charge in [0, 0.05) is 18.6 Å². The van der Waals surface area contributed by atoms with Crippen LogP contribution < -0.4 is 17.0 Å². The fourth-order valence-electron chi connectivity index (χ4n) is 4.23. The first-order valence-corrected chi connectivity index (χ1v) is 13.3. The third-order valence-corrected chi connectivity index (χ3v) is 6.33. The standard InChI is InChI=1S/C28H52N.ClH/c1-3-4-5-6-7-8-9-10-11-12-13-14-15-16-17-18-19-20-21-22-25-29-26-23-28(2)24-27-29;/h23-24,26-27H,3-22,25H2,1-2H3;1H/q+1;/p-1. The molecule has 1 heterocycles.